The number of H-pyrrole nitrogens is 1. The van der Waals surface area contributed by atoms with Gasteiger partial charge >= 0.3 is 0 Å². The molecule has 2 aromatic heterocycles. The van der Waals surface area contributed by atoms with Crippen LogP contribution in [0.5, 0.6) is 0 Å². The van der Waals surface area contributed by atoms with E-state index < -0.39 is 17.9 Å². The van der Waals surface area contributed by atoms with Crippen molar-refractivity contribution >= 4 is 40.0 Å². The molecule has 10 heteroatoms. The highest BCUT2D eigenvalue weighted by atomic mass is 32.1. The number of amides is 2. The number of aromatic amines is 1. The maximum absolute atomic E-state index is 11.5. The highest BCUT2D eigenvalue weighted by Crippen LogP contribution is 2.21. The first-order chi connectivity index (χ1) is 10.9. The van der Waals surface area contributed by atoms with Crippen LogP contribution in [-0.2, 0) is 4.79 Å². The molecule has 0 radical (unpaired) electrons. The molecule has 1 unspecified atom stereocenters. The number of nitrogens with zero attached hydrogens (tertiary/aromatic N) is 2. The molecule has 23 heavy (non-hydrogen) atoms. The smallest absolute Gasteiger partial charge is 0.274 e. The summed E-state index contributed by atoms with van der Waals surface area (Å²) < 4.78 is 4.15. The zero-order valence-corrected chi connectivity index (χ0v) is 13.5. The van der Waals surface area contributed by atoms with Crippen LogP contribution in [0, 0.1) is 6.92 Å². The first-order valence-corrected chi connectivity index (χ1v) is 7.66. The zero-order chi connectivity index (χ0) is 17.0. The zero-order valence-electron chi connectivity index (χ0n) is 12.7. The van der Waals surface area contributed by atoms with E-state index in [1.54, 1.807) is 0 Å². The average Bonchev–Trinajstić information content (AvgIpc) is 2.89. The third-order valence-electron chi connectivity index (χ3n) is 3.01. The molecule has 0 aliphatic rings. The fraction of sp³-hybridized carbons (Fsp3) is 0.308. The van der Waals surface area contributed by atoms with Gasteiger partial charge in [0.2, 0.25) is 11.5 Å². The third-order valence-corrected chi connectivity index (χ3v) is 3.81. The molecule has 0 aliphatic heterocycles. The van der Waals surface area contributed by atoms with Crippen molar-refractivity contribution in [3.63, 3.8) is 0 Å². The molecular weight excluding hydrogens is 318 g/mol. The number of nitrogens with two attached hydrogens (primary N) is 2. The maximum Gasteiger partial charge on any atom is 0.274 e. The topological polar surface area (TPSA) is 150 Å². The molecule has 0 aliphatic carbocycles. The molecule has 122 valence electrons. The number of rotatable bonds is 7. The van der Waals surface area contributed by atoms with E-state index in [0.717, 1.165) is 10.7 Å². The maximum atomic E-state index is 11.5. The van der Waals surface area contributed by atoms with Crippen LogP contribution >= 0.6 is 11.5 Å². The molecule has 2 aromatic rings. The summed E-state index contributed by atoms with van der Waals surface area (Å²) in [4.78, 5) is 29.8. The van der Waals surface area contributed by atoms with Crippen LogP contribution in [0.3, 0.4) is 0 Å². The van der Waals surface area contributed by atoms with E-state index in [1.807, 2.05) is 19.9 Å². The molecule has 0 saturated heterocycles. The first kappa shape index (κ1) is 16.6. The van der Waals surface area contributed by atoms with E-state index in [1.165, 1.54) is 17.7 Å². The molecule has 1 atom stereocenters. The van der Waals surface area contributed by atoms with E-state index in [-0.39, 0.29) is 5.69 Å². The number of primary amides is 2. The summed E-state index contributed by atoms with van der Waals surface area (Å²) in [6.45, 7) is 3.68. The first-order valence-electron chi connectivity index (χ1n) is 6.89. The molecule has 9 nitrogen and oxygen atoms in total. The summed E-state index contributed by atoms with van der Waals surface area (Å²) in [7, 11) is 0. The Labute approximate surface area is 136 Å². The number of hydrogen-bond donors (Lipinski definition) is 4. The van der Waals surface area contributed by atoms with Gasteiger partial charge in [0.15, 0.2) is 5.00 Å². The van der Waals surface area contributed by atoms with Crippen molar-refractivity contribution in [1.29, 1.82) is 0 Å². The Balaban J connectivity index is 2.31. The lowest BCUT2D eigenvalue weighted by Crippen LogP contribution is -2.37. The number of aromatic nitrogens is 3. The van der Waals surface area contributed by atoms with Crippen LogP contribution in [0.4, 0.5) is 16.6 Å². The molecular formula is C13H18N7O2S+. The monoisotopic (exact) mass is 336 g/mol. The molecule has 0 saturated carbocycles. The summed E-state index contributed by atoms with van der Waals surface area (Å²) in [6, 6.07) is 1.27. The minimum atomic E-state index is -0.682. The van der Waals surface area contributed by atoms with Gasteiger partial charge in [0.05, 0.1) is 5.69 Å². The van der Waals surface area contributed by atoms with Gasteiger partial charge in [-0.1, -0.05) is 6.92 Å². The van der Waals surface area contributed by atoms with E-state index >= 15 is 0 Å². The van der Waals surface area contributed by atoms with Crippen LogP contribution in [-0.4, -0.2) is 27.2 Å². The van der Waals surface area contributed by atoms with Crippen molar-refractivity contribution in [2.24, 2.45) is 11.5 Å². The Kier molecular flexibility index (Phi) is 5.06. The van der Waals surface area contributed by atoms with Gasteiger partial charge in [0, 0.05) is 6.07 Å². The minimum Gasteiger partial charge on any atom is -0.367 e. The van der Waals surface area contributed by atoms with Crippen molar-refractivity contribution in [3.05, 3.63) is 23.7 Å². The van der Waals surface area contributed by atoms with Gasteiger partial charge in [-0.15, -0.1) is 0 Å². The van der Waals surface area contributed by atoms with Gasteiger partial charge in [-0.3, -0.25) is 20.2 Å². The number of aryl methyl sites for hydroxylation is 1. The Morgan fingerprint density at radius 3 is 2.70 bits per heavy atom. The third kappa shape index (κ3) is 4.13. The second kappa shape index (κ2) is 7.01. The van der Waals surface area contributed by atoms with Crippen LogP contribution in [0.1, 0.15) is 29.5 Å². The van der Waals surface area contributed by atoms with Crippen molar-refractivity contribution in [1.82, 2.24) is 9.36 Å². The summed E-state index contributed by atoms with van der Waals surface area (Å²) in [5.41, 5.74) is 11.5. The SMILES string of the molecule is CCC(Nc1cnc(C(N)=O)c(Nc2cc(C)ns2)[nH+]1)C(N)=O. The molecule has 2 rings (SSSR count). The van der Waals surface area contributed by atoms with Gasteiger partial charge in [-0.05, 0) is 24.9 Å². The van der Waals surface area contributed by atoms with E-state index in [0.29, 0.717) is 18.1 Å². The molecule has 0 spiro atoms. The predicted molar refractivity (Wildman–Crippen MR) is 86.3 cm³/mol. The quantitative estimate of drug-likeness (QED) is 0.566. The Bertz CT molecular complexity index is 731. The van der Waals surface area contributed by atoms with Gasteiger partial charge < -0.3 is 11.5 Å². The molecule has 0 aromatic carbocycles. The van der Waals surface area contributed by atoms with E-state index in [9.17, 15) is 9.59 Å². The van der Waals surface area contributed by atoms with Crippen LogP contribution < -0.4 is 27.1 Å². The van der Waals surface area contributed by atoms with Gasteiger partial charge in [0.25, 0.3) is 17.6 Å². The van der Waals surface area contributed by atoms with Gasteiger partial charge in [-0.2, -0.15) is 4.37 Å². The number of carbonyl (C=O) groups excluding carboxylic acids is 2. The number of carbonyl (C=O) groups is 2. The summed E-state index contributed by atoms with van der Waals surface area (Å²) in [5.74, 6) is -0.416. The molecule has 0 bridgehead atoms. The predicted octanol–water partition coefficient (Wildman–Crippen LogP) is 0.179. The normalized spacial score (nSPS) is 11.7. The van der Waals surface area contributed by atoms with Crippen molar-refractivity contribution in [3.8, 4) is 0 Å². The molecule has 7 N–H and O–H groups in total. The standard InChI is InChI=1S/C13H17N7O2S/c1-3-7(11(14)21)17-8-5-16-10(12(15)22)13(18-8)19-9-4-6(2)20-23-9/h4-5,7H,3H2,1-2H3,(H2,14,21)(H2,15,22)(H2,17,18,19)/p+1. The average molecular weight is 336 g/mol. The largest absolute Gasteiger partial charge is 0.367 e. The Morgan fingerprint density at radius 1 is 1.43 bits per heavy atom. The van der Waals surface area contributed by atoms with E-state index in [4.69, 9.17) is 11.5 Å². The highest BCUT2D eigenvalue weighted by molar-refractivity contribution is 7.10. The summed E-state index contributed by atoms with van der Waals surface area (Å²) >= 11 is 1.24. The lowest BCUT2D eigenvalue weighted by Gasteiger charge is -2.11. The fourth-order valence-corrected chi connectivity index (χ4v) is 2.54. The highest BCUT2D eigenvalue weighted by Gasteiger charge is 2.21. The summed E-state index contributed by atoms with van der Waals surface area (Å²) in [6.07, 6.45) is 1.90. The Morgan fingerprint density at radius 2 is 2.17 bits per heavy atom. The lowest BCUT2D eigenvalue weighted by molar-refractivity contribution is -0.344. The second-order valence-electron chi connectivity index (χ2n) is 4.85. The molecule has 2 heterocycles. The lowest BCUT2D eigenvalue weighted by atomic mass is 10.2. The molecule has 2 amide bonds. The second-order valence-corrected chi connectivity index (χ2v) is 5.65. The van der Waals surface area contributed by atoms with Crippen molar-refractivity contribution in [2.75, 3.05) is 10.6 Å². The van der Waals surface area contributed by atoms with Crippen LogP contribution in [0.15, 0.2) is 12.3 Å². The Hall–Kier alpha value is -2.75. The molecule has 0 fully saturated rings. The summed E-state index contributed by atoms with van der Waals surface area (Å²) in [5, 5.41) is 6.67. The van der Waals surface area contributed by atoms with Crippen molar-refractivity contribution < 1.29 is 14.6 Å². The number of anilines is 3. The van der Waals surface area contributed by atoms with Gasteiger partial charge in [0.1, 0.15) is 12.2 Å². The van der Waals surface area contributed by atoms with Crippen LogP contribution in [0.25, 0.3) is 0 Å². The van der Waals surface area contributed by atoms with E-state index in [2.05, 4.69) is 25.0 Å². The van der Waals surface area contributed by atoms with Gasteiger partial charge in [-0.25, -0.2) is 9.97 Å². The number of hydrogen-bond acceptors (Lipinski definition) is 7. The fourth-order valence-electron chi connectivity index (χ4n) is 1.88. The van der Waals surface area contributed by atoms with Crippen molar-refractivity contribution in [2.45, 2.75) is 26.3 Å². The number of nitrogens with one attached hydrogen (secondary N) is 3. The van der Waals surface area contributed by atoms with Crippen LogP contribution in [0.2, 0.25) is 0 Å². The minimum absolute atomic E-state index is 0.0497.